The molecular weight excluding hydrogens is 344 g/mol. The van der Waals surface area contributed by atoms with Crippen LogP contribution in [0.15, 0.2) is 40.9 Å². The highest BCUT2D eigenvalue weighted by molar-refractivity contribution is 9.10. The van der Waals surface area contributed by atoms with Crippen LogP contribution in [0.4, 0.5) is 17.1 Å². The third-order valence-electron chi connectivity index (χ3n) is 2.71. The van der Waals surface area contributed by atoms with E-state index in [9.17, 15) is 4.79 Å². The molecule has 20 heavy (non-hydrogen) atoms. The van der Waals surface area contributed by atoms with Crippen LogP contribution < -0.4 is 11.1 Å². The van der Waals surface area contributed by atoms with Gasteiger partial charge in [0.15, 0.2) is 0 Å². The van der Waals surface area contributed by atoms with E-state index in [1.807, 2.05) is 6.07 Å². The molecule has 0 unspecified atom stereocenters. The van der Waals surface area contributed by atoms with Gasteiger partial charge >= 0.3 is 5.97 Å². The molecule has 0 bridgehead atoms. The number of hydrogen-bond donors (Lipinski definition) is 2. The molecule has 0 spiro atoms. The number of methoxy groups -OCH3 is 1. The predicted molar refractivity (Wildman–Crippen MR) is 84.6 cm³/mol. The average molecular weight is 356 g/mol. The van der Waals surface area contributed by atoms with E-state index < -0.39 is 5.97 Å². The first-order chi connectivity index (χ1) is 9.52. The summed E-state index contributed by atoms with van der Waals surface area (Å²) < 4.78 is 5.53. The van der Waals surface area contributed by atoms with Gasteiger partial charge in [0.05, 0.1) is 29.7 Å². The number of carbonyl (C=O) groups excluding carboxylic acids is 1. The summed E-state index contributed by atoms with van der Waals surface area (Å²) >= 11 is 9.38. The average Bonchev–Trinajstić information content (AvgIpc) is 2.44. The molecule has 4 nitrogen and oxygen atoms in total. The monoisotopic (exact) mass is 354 g/mol. The van der Waals surface area contributed by atoms with Crippen LogP contribution in [0.1, 0.15) is 10.4 Å². The molecule has 2 rings (SSSR count). The van der Waals surface area contributed by atoms with Gasteiger partial charge in [0.1, 0.15) is 0 Å². The summed E-state index contributed by atoms with van der Waals surface area (Å²) in [5.41, 5.74) is 7.99. The van der Waals surface area contributed by atoms with Gasteiger partial charge in [-0.15, -0.1) is 0 Å². The predicted octanol–water partition coefficient (Wildman–Crippen LogP) is 4.21. The zero-order chi connectivity index (χ0) is 14.7. The first-order valence-corrected chi connectivity index (χ1v) is 6.89. The van der Waals surface area contributed by atoms with E-state index in [1.165, 1.54) is 7.11 Å². The van der Waals surface area contributed by atoms with Gasteiger partial charge < -0.3 is 15.8 Å². The molecule has 0 saturated carbocycles. The van der Waals surface area contributed by atoms with E-state index in [2.05, 4.69) is 26.0 Å². The normalized spacial score (nSPS) is 10.2. The van der Waals surface area contributed by atoms with Crippen LogP contribution in [-0.4, -0.2) is 13.1 Å². The smallest absolute Gasteiger partial charge is 0.340 e. The fraction of sp³-hybridized carbons (Fsp3) is 0.0714. The molecule has 0 aliphatic heterocycles. The lowest BCUT2D eigenvalue weighted by molar-refractivity contribution is 0.0602. The first-order valence-electron chi connectivity index (χ1n) is 5.72. The summed E-state index contributed by atoms with van der Waals surface area (Å²) in [6.45, 7) is 0. The molecule has 0 amide bonds. The summed E-state index contributed by atoms with van der Waals surface area (Å²) in [5.74, 6) is -0.476. The van der Waals surface area contributed by atoms with Crippen molar-refractivity contribution >= 4 is 50.6 Å². The van der Waals surface area contributed by atoms with Crippen LogP contribution in [-0.2, 0) is 4.74 Å². The Morgan fingerprint density at radius 1 is 1.30 bits per heavy atom. The number of nitrogens with two attached hydrogens (primary N) is 1. The zero-order valence-corrected chi connectivity index (χ0v) is 13.0. The van der Waals surface area contributed by atoms with Crippen molar-refractivity contribution in [3.8, 4) is 0 Å². The molecule has 104 valence electrons. The molecule has 0 atom stereocenters. The number of para-hydroxylation sites is 1. The highest BCUT2D eigenvalue weighted by Gasteiger charge is 2.13. The number of ether oxygens (including phenoxy) is 1. The summed E-state index contributed by atoms with van der Waals surface area (Å²) in [4.78, 5) is 11.6. The Morgan fingerprint density at radius 2 is 2.05 bits per heavy atom. The second-order valence-corrected chi connectivity index (χ2v) is 5.30. The standard InChI is InChI=1S/C14H12BrClN2O2/c1-20-14(19)9-3-2-4-11(13(9)17)18-12-7-8(16)5-6-10(12)15/h2-7,18H,17H2,1H3. The van der Waals surface area contributed by atoms with Gasteiger partial charge in [-0.3, -0.25) is 0 Å². The molecule has 2 aromatic carbocycles. The lowest BCUT2D eigenvalue weighted by Crippen LogP contribution is -2.07. The van der Waals surface area contributed by atoms with Gasteiger partial charge in [0.2, 0.25) is 0 Å². The molecule has 0 fully saturated rings. The van der Waals surface area contributed by atoms with Crippen molar-refractivity contribution in [3.05, 3.63) is 51.5 Å². The van der Waals surface area contributed by atoms with Crippen molar-refractivity contribution < 1.29 is 9.53 Å². The summed E-state index contributed by atoms with van der Waals surface area (Å²) in [6.07, 6.45) is 0. The van der Waals surface area contributed by atoms with E-state index in [1.54, 1.807) is 30.3 Å². The number of hydrogen-bond acceptors (Lipinski definition) is 4. The van der Waals surface area contributed by atoms with Crippen LogP contribution in [0.3, 0.4) is 0 Å². The van der Waals surface area contributed by atoms with Gasteiger partial charge in [-0.2, -0.15) is 0 Å². The van der Waals surface area contributed by atoms with E-state index in [-0.39, 0.29) is 0 Å². The number of anilines is 3. The fourth-order valence-electron chi connectivity index (χ4n) is 1.70. The third-order valence-corrected chi connectivity index (χ3v) is 3.64. The number of esters is 1. The summed E-state index contributed by atoms with van der Waals surface area (Å²) in [7, 11) is 1.31. The van der Waals surface area contributed by atoms with Crippen LogP contribution in [0.25, 0.3) is 0 Å². The minimum atomic E-state index is -0.476. The van der Waals surface area contributed by atoms with E-state index in [0.29, 0.717) is 22.0 Å². The molecule has 0 aromatic heterocycles. The molecule has 3 N–H and O–H groups in total. The fourth-order valence-corrected chi connectivity index (χ4v) is 2.22. The van der Waals surface area contributed by atoms with Crippen LogP contribution in [0, 0.1) is 0 Å². The molecule has 0 aliphatic carbocycles. The van der Waals surface area contributed by atoms with Gasteiger partial charge in [0.25, 0.3) is 0 Å². The minimum Gasteiger partial charge on any atom is -0.465 e. The highest BCUT2D eigenvalue weighted by atomic mass is 79.9. The number of rotatable bonds is 3. The molecule has 0 heterocycles. The van der Waals surface area contributed by atoms with Gasteiger partial charge in [-0.05, 0) is 46.3 Å². The molecule has 0 radical (unpaired) electrons. The van der Waals surface area contributed by atoms with Crippen molar-refractivity contribution in [1.29, 1.82) is 0 Å². The van der Waals surface area contributed by atoms with Crippen LogP contribution in [0.5, 0.6) is 0 Å². The third kappa shape index (κ3) is 3.05. The van der Waals surface area contributed by atoms with Crippen molar-refractivity contribution in [1.82, 2.24) is 0 Å². The van der Waals surface area contributed by atoms with Gasteiger partial charge in [0, 0.05) is 9.50 Å². The molecule has 6 heteroatoms. The number of carbonyl (C=O) groups is 1. The number of nitrogen functional groups attached to an aromatic ring is 1. The maximum atomic E-state index is 11.6. The Morgan fingerprint density at radius 3 is 2.75 bits per heavy atom. The van der Waals surface area contributed by atoms with Gasteiger partial charge in [-0.25, -0.2) is 4.79 Å². The number of benzene rings is 2. The summed E-state index contributed by atoms with van der Waals surface area (Å²) in [6, 6.07) is 10.5. The Labute approximate surface area is 130 Å². The largest absolute Gasteiger partial charge is 0.465 e. The van der Waals surface area contributed by atoms with Crippen LogP contribution in [0.2, 0.25) is 5.02 Å². The Kier molecular flexibility index (Phi) is 4.52. The number of nitrogens with one attached hydrogen (secondary N) is 1. The molecular formula is C14H12BrClN2O2. The van der Waals surface area contributed by atoms with E-state index >= 15 is 0 Å². The van der Waals surface area contributed by atoms with Gasteiger partial charge in [-0.1, -0.05) is 17.7 Å². The summed E-state index contributed by atoms with van der Waals surface area (Å²) in [5, 5.41) is 3.73. The Balaban J connectivity index is 2.39. The number of halogens is 2. The SMILES string of the molecule is COC(=O)c1cccc(Nc2cc(Cl)ccc2Br)c1N. The minimum absolute atomic E-state index is 0.315. The highest BCUT2D eigenvalue weighted by Crippen LogP contribution is 2.32. The molecule has 0 saturated heterocycles. The maximum Gasteiger partial charge on any atom is 0.340 e. The molecule has 0 aliphatic rings. The lowest BCUT2D eigenvalue weighted by atomic mass is 10.1. The van der Waals surface area contributed by atoms with Crippen molar-refractivity contribution in [2.24, 2.45) is 0 Å². The van der Waals surface area contributed by atoms with E-state index in [4.69, 9.17) is 17.3 Å². The topological polar surface area (TPSA) is 64.3 Å². The Bertz CT molecular complexity index is 662. The first kappa shape index (κ1) is 14.7. The van der Waals surface area contributed by atoms with Crippen molar-refractivity contribution in [3.63, 3.8) is 0 Å². The lowest BCUT2D eigenvalue weighted by Gasteiger charge is -2.13. The maximum absolute atomic E-state index is 11.6. The quantitative estimate of drug-likeness (QED) is 0.639. The second-order valence-electron chi connectivity index (χ2n) is 4.01. The Hall–Kier alpha value is -1.72. The van der Waals surface area contributed by atoms with E-state index in [0.717, 1.165) is 10.2 Å². The molecule has 2 aromatic rings. The van der Waals surface area contributed by atoms with Crippen molar-refractivity contribution in [2.75, 3.05) is 18.2 Å². The zero-order valence-electron chi connectivity index (χ0n) is 10.6. The second kappa shape index (κ2) is 6.15. The van der Waals surface area contributed by atoms with Crippen LogP contribution >= 0.6 is 27.5 Å². The van der Waals surface area contributed by atoms with Crippen molar-refractivity contribution in [2.45, 2.75) is 0 Å².